The Kier molecular flexibility index (Phi) is 5.26. The van der Waals surface area contributed by atoms with Crippen molar-refractivity contribution in [2.75, 3.05) is 6.61 Å². The molecule has 3 nitrogen and oxygen atoms in total. The van der Waals surface area contributed by atoms with Crippen LogP contribution < -0.4 is 14.8 Å². The summed E-state index contributed by atoms with van der Waals surface area (Å²) in [4.78, 5) is 0. The lowest BCUT2D eigenvalue weighted by atomic mass is 9.53. The highest BCUT2D eigenvalue weighted by Gasteiger charge is 2.50. The minimum Gasteiger partial charge on any atom is -0.490 e. The molecule has 26 heavy (non-hydrogen) atoms. The number of rotatable bonds is 7. The Morgan fingerprint density at radius 1 is 1.12 bits per heavy atom. The Balaban J connectivity index is 1.49. The molecule has 0 unspecified atom stereocenters. The van der Waals surface area contributed by atoms with Gasteiger partial charge in [-0.2, -0.15) is 0 Å². The van der Waals surface area contributed by atoms with Gasteiger partial charge in [0.1, 0.15) is 0 Å². The average Bonchev–Trinajstić information content (AvgIpc) is 2.55. The van der Waals surface area contributed by atoms with Crippen LogP contribution in [0.1, 0.15) is 64.9 Å². The molecule has 144 valence electrons. The van der Waals surface area contributed by atoms with E-state index in [1.54, 1.807) is 0 Å². The molecule has 1 aromatic carbocycles. The van der Waals surface area contributed by atoms with Crippen LogP contribution in [0, 0.1) is 17.8 Å². The predicted molar refractivity (Wildman–Crippen MR) is 109 cm³/mol. The van der Waals surface area contributed by atoms with Crippen LogP contribution in [0.2, 0.25) is 0 Å². The lowest BCUT2D eigenvalue weighted by molar-refractivity contribution is -0.0206. The van der Waals surface area contributed by atoms with Gasteiger partial charge in [-0.1, -0.05) is 0 Å². The van der Waals surface area contributed by atoms with E-state index in [1.807, 2.05) is 20.8 Å². The molecule has 0 saturated heterocycles. The van der Waals surface area contributed by atoms with E-state index < -0.39 is 0 Å². The SMILES string of the molecule is CCOc1cc(CNC23CC4CC(CC(C4)C2)C3)cc(Br)c1OC(C)C. The minimum absolute atomic E-state index is 0.126. The highest BCUT2D eigenvalue weighted by molar-refractivity contribution is 9.10. The van der Waals surface area contributed by atoms with E-state index in [0.29, 0.717) is 12.1 Å². The molecule has 0 amide bonds. The van der Waals surface area contributed by atoms with Gasteiger partial charge in [0.15, 0.2) is 11.5 Å². The van der Waals surface area contributed by atoms with Crippen LogP contribution in [0.4, 0.5) is 0 Å². The van der Waals surface area contributed by atoms with Crippen molar-refractivity contribution in [2.45, 2.75) is 77.5 Å². The van der Waals surface area contributed by atoms with Gasteiger partial charge in [0, 0.05) is 12.1 Å². The zero-order chi connectivity index (χ0) is 18.3. The molecule has 0 heterocycles. The summed E-state index contributed by atoms with van der Waals surface area (Å²) in [5.74, 6) is 4.59. The van der Waals surface area contributed by atoms with Crippen LogP contribution >= 0.6 is 15.9 Å². The monoisotopic (exact) mass is 421 g/mol. The van der Waals surface area contributed by atoms with Gasteiger partial charge in [0.2, 0.25) is 0 Å². The number of ether oxygens (including phenoxy) is 2. The maximum atomic E-state index is 5.97. The third-order valence-corrected chi connectivity index (χ3v) is 7.02. The molecule has 0 aromatic heterocycles. The quantitative estimate of drug-likeness (QED) is 0.612. The fourth-order valence-electron chi connectivity index (χ4n) is 5.95. The summed E-state index contributed by atoms with van der Waals surface area (Å²) in [6.45, 7) is 7.67. The van der Waals surface area contributed by atoms with Crippen LogP contribution in [-0.2, 0) is 6.54 Å². The smallest absolute Gasteiger partial charge is 0.175 e. The summed E-state index contributed by atoms with van der Waals surface area (Å²) in [6, 6.07) is 4.34. The zero-order valence-corrected chi connectivity index (χ0v) is 17.9. The van der Waals surface area contributed by atoms with Gasteiger partial charge in [-0.05, 0) is 111 Å². The number of benzene rings is 1. The predicted octanol–water partition coefficient (Wildman–Crippen LogP) is 5.69. The van der Waals surface area contributed by atoms with Crippen molar-refractivity contribution in [3.8, 4) is 11.5 Å². The van der Waals surface area contributed by atoms with Crippen molar-refractivity contribution in [3.05, 3.63) is 22.2 Å². The highest BCUT2D eigenvalue weighted by Crippen LogP contribution is 2.55. The van der Waals surface area contributed by atoms with E-state index in [2.05, 4.69) is 33.4 Å². The molecule has 4 aliphatic rings. The third kappa shape index (κ3) is 3.77. The second-order valence-electron chi connectivity index (χ2n) is 9.06. The van der Waals surface area contributed by atoms with Crippen LogP contribution in [0.15, 0.2) is 16.6 Å². The fourth-order valence-corrected chi connectivity index (χ4v) is 6.54. The van der Waals surface area contributed by atoms with E-state index in [0.717, 1.165) is 40.3 Å². The van der Waals surface area contributed by atoms with E-state index >= 15 is 0 Å². The van der Waals surface area contributed by atoms with Gasteiger partial charge >= 0.3 is 0 Å². The number of halogens is 1. The summed E-state index contributed by atoms with van der Waals surface area (Å²) in [6.07, 6.45) is 8.74. The van der Waals surface area contributed by atoms with Crippen LogP contribution in [0.5, 0.6) is 11.5 Å². The molecule has 4 heteroatoms. The zero-order valence-electron chi connectivity index (χ0n) is 16.3. The van der Waals surface area contributed by atoms with Gasteiger partial charge in [0.25, 0.3) is 0 Å². The number of hydrogen-bond donors (Lipinski definition) is 1. The summed E-state index contributed by atoms with van der Waals surface area (Å²) >= 11 is 3.70. The minimum atomic E-state index is 0.126. The lowest BCUT2D eigenvalue weighted by Gasteiger charge is -2.57. The summed E-state index contributed by atoms with van der Waals surface area (Å²) in [5.41, 5.74) is 1.66. The van der Waals surface area contributed by atoms with Crippen molar-refractivity contribution in [3.63, 3.8) is 0 Å². The van der Waals surface area contributed by atoms with Gasteiger partial charge < -0.3 is 14.8 Å². The molecule has 1 aromatic rings. The molecule has 0 radical (unpaired) electrons. The standard InChI is InChI=1S/C22H32BrNO2/c1-4-25-20-9-18(8-19(23)21(20)26-14(2)3)13-24-22-10-15-5-16(11-22)7-17(6-15)12-22/h8-9,14-17,24H,4-7,10-13H2,1-3H3. The van der Waals surface area contributed by atoms with Crippen molar-refractivity contribution < 1.29 is 9.47 Å². The van der Waals surface area contributed by atoms with Crippen molar-refractivity contribution in [2.24, 2.45) is 17.8 Å². The molecule has 4 aliphatic carbocycles. The number of nitrogens with one attached hydrogen (secondary N) is 1. The van der Waals surface area contributed by atoms with Crippen molar-refractivity contribution in [1.29, 1.82) is 0 Å². The maximum absolute atomic E-state index is 5.97. The normalized spacial score (nSPS) is 32.3. The van der Waals surface area contributed by atoms with E-state index in [9.17, 15) is 0 Å². The first-order chi connectivity index (χ1) is 12.5. The van der Waals surface area contributed by atoms with Crippen molar-refractivity contribution in [1.82, 2.24) is 5.32 Å². The molecule has 4 bridgehead atoms. The van der Waals surface area contributed by atoms with Crippen molar-refractivity contribution >= 4 is 15.9 Å². The van der Waals surface area contributed by atoms with Crippen LogP contribution in [0.25, 0.3) is 0 Å². The van der Waals surface area contributed by atoms with E-state index in [4.69, 9.17) is 9.47 Å². The maximum Gasteiger partial charge on any atom is 0.175 e. The molecule has 1 N–H and O–H groups in total. The van der Waals surface area contributed by atoms with Gasteiger partial charge in [0.05, 0.1) is 17.2 Å². The summed E-state index contributed by atoms with van der Waals surface area (Å²) < 4.78 is 12.8. The van der Waals surface area contributed by atoms with Gasteiger partial charge in [-0.15, -0.1) is 0 Å². The summed E-state index contributed by atoms with van der Waals surface area (Å²) in [5, 5.41) is 3.98. The third-order valence-electron chi connectivity index (χ3n) is 6.43. The van der Waals surface area contributed by atoms with Crippen LogP contribution in [0.3, 0.4) is 0 Å². The van der Waals surface area contributed by atoms with E-state index in [-0.39, 0.29) is 6.10 Å². The Hall–Kier alpha value is -0.740. The Labute approximate surface area is 166 Å². The molecular weight excluding hydrogens is 390 g/mol. The highest BCUT2D eigenvalue weighted by atomic mass is 79.9. The first-order valence-electron chi connectivity index (χ1n) is 10.3. The summed E-state index contributed by atoms with van der Waals surface area (Å²) in [7, 11) is 0. The molecule has 5 rings (SSSR count). The first-order valence-corrected chi connectivity index (χ1v) is 11.1. The Morgan fingerprint density at radius 2 is 1.73 bits per heavy atom. The topological polar surface area (TPSA) is 30.5 Å². The molecule has 0 aliphatic heterocycles. The van der Waals surface area contributed by atoms with E-state index in [1.165, 1.54) is 44.1 Å². The van der Waals surface area contributed by atoms with Gasteiger partial charge in [-0.3, -0.25) is 0 Å². The fraction of sp³-hybridized carbons (Fsp3) is 0.727. The largest absolute Gasteiger partial charge is 0.490 e. The average molecular weight is 422 g/mol. The molecule has 0 spiro atoms. The first kappa shape index (κ1) is 18.6. The second-order valence-corrected chi connectivity index (χ2v) is 9.91. The molecule has 0 atom stereocenters. The molecule has 4 saturated carbocycles. The second kappa shape index (κ2) is 7.35. The Bertz CT molecular complexity index is 623. The number of hydrogen-bond acceptors (Lipinski definition) is 3. The Morgan fingerprint density at radius 3 is 2.27 bits per heavy atom. The van der Waals surface area contributed by atoms with Gasteiger partial charge in [-0.25, -0.2) is 0 Å². The van der Waals surface area contributed by atoms with Crippen LogP contribution in [-0.4, -0.2) is 18.2 Å². The lowest BCUT2D eigenvalue weighted by Crippen LogP contribution is -2.58. The molecular formula is C22H32BrNO2. The molecule has 4 fully saturated rings.